The summed E-state index contributed by atoms with van der Waals surface area (Å²) in [6, 6.07) is 16.0. The fraction of sp³-hybridized carbons (Fsp3) is 0.467. The van der Waals surface area contributed by atoms with E-state index in [1.807, 2.05) is 60.7 Å². The molecule has 0 aliphatic rings. The van der Waals surface area contributed by atoms with Gasteiger partial charge in [-0.2, -0.15) is 0 Å². The first-order valence-electron chi connectivity index (χ1n) is 13.8. The standard InChI is InChI=1S/C30H41N2O9P/c1-5-40-29(35)25(19-22-13-9-7-10-14-22)31-42(37,21-24(28(34)39-4)17-18-27(33)38-3)32-26(30(36)41-6-2)20-23-15-11-8-12-16-23/h7-16,24-26H,5-6,17-21H2,1-4H3,(H2,31,32,37)/t24?,25-,26-/m0/s1. The lowest BCUT2D eigenvalue weighted by Crippen LogP contribution is -2.47. The van der Waals surface area contributed by atoms with Gasteiger partial charge in [-0.15, -0.1) is 0 Å². The number of hydrogen-bond acceptors (Lipinski definition) is 9. The number of hydrogen-bond donors (Lipinski definition) is 2. The molecule has 0 saturated heterocycles. The minimum absolute atomic E-state index is 0.0296. The van der Waals surface area contributed by atoms with Crippen molar-refractivity contribution in [3.05, 3.63) is 71.8 Å². The number of nitrogens with one attached hydrogen (secondary N) is 2. The van der Waals surface area contributed by atoms with Gasteiger partial charge in [-0.1, -0.05) is 60.7 Å². The van der Waals surface area contributed by atoms with Gasteiger partial charge in [-0.05, 0) is 44.2 Å². The molecule has 0 aliphatic carbocycles. The highest BCUT2D eigenvalue weighted by Gasteiger charge is 2.39. The van der Waals surface area contributed by atoms with Gasteiger partial charge in [0.25, 0.3) is 0 Å². The van der Waals surface area contributed by atoms with Crippen LogP contribution in [-0.2, 0) is 55.5 Å². The quantitative estimate of drug-likeness (QED) is 0.147. The van der Waals surface area contributed by atoms with Crippen LogP contribution in [0.5, 0.6) is 0 Å². The van der Waals surface area contributed by atoms with E-state index >= 15 is 0 Å². The third-order valence-electron chi connectivity index (χ3n) is 6.37. The average molecular weight is 605 g/mol. The van der Waals surface area contributed by atoms with E-state index in [0.29, 0.717) is 0 Å². The summed E-state index contributed by atoms with van der Waals surface area (Å²) in [4.78, 5) is 50.8. The topological polar surface area (TPSA) is 146 Å². The second-order valence-corrected chi connectivity index (χ2v) is 11.9. The molecule has 0 spiro atoms. The van der Waals surface area contributed by atoms with E-state index in [9.17, 15) is 23.7 Å². The van der Waals surface area contributed by atoms with Gasteiger partial charge < -0.3 is 18.9 Å². The molecule has 0 bridgehead atoms. The van der Waals surface area contributed by atoms with E-state index in [1.165, 1.54) is 14.2 Å². The van der Waals surface area contributed by atoms with Crippen LogP contribution >= 0.6 is 7.44 Å². The van der Waals surface area contributed by atoms with Crippen molar-refractivity contribution in [1.29, 1.82) is 0 Å². The lowest BCUT2D eigenvalue weighted by Gasteiger charge is -2.31. The fourth-order valence-electron chi connectivity index (χ4n) is 4.35. The van der Waals surface area contributed by atoms with Crippen LogP contribution in [0.2, 0.25) is 0 Å². The van der Waals surface area contributed by atoms with E-state index in [2.05, 4.69) is 10.2 Å². The Balaban J connectivity index is 2.52. The van der Waals surface area contributed by atoms with Crippen molar-refractivity contribution in [3.63, 3.8) is 0 Å². The summed E-state index contributed by atoms with van der Waals surface area (Å²) in [6.07, 6.45) is -0.282. The van der Waals surface area contributed by atoms with E-state index in [1.54, 1.807) is 13.8 Å². The van der Waals surface area contributed by atoms with Crippen LogP contribution in [0.1, 0.15) is 37.8 Å². The molecule has 42 heavy (non-hydrogen) atoms. The lowest BCUT2D eigenvalue weighted by atomic mass is 10.1. The molecule has 0 aliphatic heterocycles. The average Bonchev–Trinajstić information content (AvgIpc) is 2.99. The summed E-state index contributed by atoms with van der Waals surface area (Å²) in [5, 5.41) is 5.85. The van der Waals surface area contributed by atoms with Crippen molar-refractivity contribution in [3.8, 4) is 0 Å². The normalized spacial score (nSPS) is 13.3. The smallest absolute Gasteiger partial charge is 0.323 e. The summed E-state index contributed by atoms with van der Waals surface area (Å²) < 4.78 is 35.0. The molecule has 2 N–H and O–H groups in total. The van der Waals surface area contributed by atoms with Crippen LogP contribution in [-0.4, -0.2) is 69.6 Å². The third-order valence-corrected chi connectivity index (χ3v) is 8.79. The van der Waals surface area contributed by atoms with Crippen LogP contribution in [0.15, 0.2) is 60.7 Å². The molecule has 0 aromatic heterocycles. The zero-order valence-electron chi connectivity index (χ0n) is 24.6. The molecule has 11 nitrogen and oxygen atoms in total. The van der Waals surface area contributed by atoms with Crippen molar-refractivity contribution in [2.24, 2.45) is 5.92 Å². The van der Waals surface area contributed by atoms with Crippen molar-refractivity contribution < 1.29 is 42.7 Å². The Morgan fingerprint density at radius 3 is 1.55 bits per heavy atom. The molecule has 12 heteroatoms. The Kier molecular flexibility index (Phi) is 14.9. The van der Waals surface area contributed by atoms with Gasteiger partial charge in [-0.3, -0.25) is 23.7 Å². The first-order valence-corrected chi connectivity index (χ1v) is 15.7. The van der Waals surface area contributed by atoms with Crippen molar-refractivity contribution in [2.75, 3.05) is 33.6 Å². The molecule has 230 valence electrons. The van der Waals surface area contributed by atoms with Gasteiger partial charge in [-0.25, -0.2) is 10.2 Å². The van der Waals surface area contributed by atoms with Crippen LogP contribution < -0.4 is 10.2 Å². The number of benzene rings is 2. The molecule has 0 fully saturated rings. The monoisotopic (exact) mass is 604 g/mol. The second kappa shape index (κ2) is 18.1. The molecule has 0 heterocycles. The van der Waals surface area contributed by atoms with E-state index in [4.69, 9.17) is 18.9 Å². The largest absolute Gasteiger partial charge is 0.469 e. The number of carbonyl (C=O) groups excluding carboxylic acids is 4. The van der Waals surface area contributed by atoms with E-state index < -0.39 is 49.3 Å². The maximum Gasteiger partial charge on any atom is 0.323 e. The first kappa shape index (κ1) is 34.7. The Labute approximate surface area is 247 Å². The lowest BCUT2D eigenvalue weighted by molar-refractivity contribution is -0.146. The molecule has 2 aromatic carbocycles. The summed E-state index contributed by atoms with van der Waals surface area (Å²) in [5.74, 6) is -3.58. The number of methoxy groups -OCH3 is 2. The highest BCUT2D eigenvalue weighted by atomic mass is 31.2. The molecule has 0 saturated carbocycles. The summed E-state index contributed by atoms with van der Waals surface area (Å²) in [6.45, 7) is 3.50. The third kappa shape index (κ3) is 11.8. The molecule has 2 aromatic rings. The zero-order valence-corrected chi connectivity index (χ0v) is 25.5. The van der Waals surface area contributed by atoms with Crippen molar-refractivity contribution in [2.45, 2.75) is 51.6 Å². The van der Waals surface area contributed by atoms with Gasteiger partial charge in [0.05, 0.1) is 33.4 Å². The fourth-order valence-corrected chi connectivity index (χ4v) is 6.99. The second-order valence-electron chi connectivity index (χ2n) is 9.50. The summed E-state index contributed by atoms with van der Waals surface area (Å²) >= 11 is 0. The number of esters is 4. The highest BCUT2D eigenvalue weighted by Crippen LogP contribution is 2.42. The van der Waals surface area contributed by atoms with Crippen LogP contribution in [0, 0.1) is 5.92 Å². The first-order chi connectivity index (χ1) is 20.1. The van der Waals surface area contributed by atoms with Gasteiger partial charge in [0, 0.05) is 12.6 Å². The van der Waals surface area contributed by atoms with Crippen LogP contribution in [0.25, 0.3) is 0 Å². The molecule has 1 unspecified atom stereocenters. The van der Waals surface area contributed by atoms with Gasteiger partial charge >= 0.3 is 23.9 Å². The zero-order chi connectivity index (χ0) is 31.0. The summed E-state index contributed by atoms with van der Waals surface area (Å²) in [7, 11) is -1.59. The molecule has 0 radical (unpaired) electrons. The minimum Gasteiger partial charge on any atom is -0.469 e. The maximum atomic E-state index is 14.8. The van der Waals surface area contributed by atoms with Crippen LogP contribution in [0.4, 0.5) is 0 Å². The predicted molar refractivity (Wildman–Crippen MR) is 157 cm³/mol. The van der Waals surface area contributed by atoms with Crippen LogP contribution in [0.3, 0.4) is 0 Å². The number of carbonyl (C=O) groups is 4. The van der Waals surface area contributed by atoms with E-state index in [-0.39, 0.29) is 45.1 Å². The van der Waals surface area contributed by atoms with Gasteiger partial charge in [0.2, 0.25) is 7.44 Å². The van der Waals surface area contributed by atoms with Gasteiger partial charge in [0.15, 0.2) is 0 Å². The summed E-state index contributed by atoms with van der Waals surface area (Å²) in [5.41, 5.74) is 1.55. The Morgan fingerprint density at radius 2 is 1.17 bits per heavy atom. The van der Waals surface area contributed by atoms with Gasteiger partial charge in [0.1, 0.15) is 12.1 Å². The van der Waals surface area contributed by atoms with E-state index in [0.717, 1.165) is 11.1 Å². The molecular formula is C30H41N2O9P. The Bertz CT molecular complexity index is 1120. The minimum atomic E-state index is -4.01. The van der Waals surface area contributed by atoms with Crippen molar-refractivity contribution >= 4 is 31.3 Å². The Hall–Kier alpha value is -3.53. The Morgan fingerprint density at radius 1 is 0.714 bits per heavy atom. The molecular weight excluding hydrogens is 563 g/mol. The number of ether oxygens (including phenoxy) is 4. The maximum absolute atomic E-state index is 14.8. The highest BCUT2D eigenvalue weighted by molar-refractivity contribution is 7.60. The SMILES string of the molecule is CCOC(=O)[C@H](Cc1ccccc1)NP(=O)(CC(CCC(=O)OC)C(=O)OC)N[C@@H](Cc1ccccc1)C(=O)OCC. The molecule has 3 atom stereocenters. The molecule has 2 rings (SSSR count). The predicted octanol–water partition coefficient (Wildman–Crippen LogP) is 3.45. The number of rotatable bonds is 18. The molecule has 0 amide bonds. The van der Waals surface area contributed by atoms with Crippen molar-refractivity contribution in [1.82, 2.24) is 10.2 Å².